The lowest BCUT2D eigenvalue weighted by Crippen LogP contribution is -2.51. The van der Waals surface area contributed by atoms with Gasteiger partial charge in [0.05, 0.1) is 18.8 Å². The second kappa shape index (κ2) is 3.49. The summed E-state index contributed by atoms with van der Waals surface area (Å²) in [5.74, 6) is 0.630. The van der Waals surface area contributed by atoms with E-state index in [-0.39, 0.29) is 5.60 Å². The highest BCUT2D eigenvalue weighted by Gasteiger charge is 2.48. The quantitative estimate of drug-likeness (QED) is 0.679. The maximum Gasteiger partial charge on any atom is 0.0702 e. The van der Waals surface area contributed by atoms with Gasteiger partial charge in [0.1, 0.15) is 0 Å². The van der Waals surface area contributed by atoms with Crippen LogP contribution in [-0.4, -0.2) is 25.9 Å². The number of rotatable bonds is 2. The Balaban J connectivity index is 1.99. The Labute approximate surface area is 87.0 Å². The fourth-order valence-corrected chi connectivity index (χ4v) is 2.90. The second-order valence-corrected chi connectivity index (χ2v) is 5.42. The summed E-state index contributed by atoms with van der Waals surface area (Å²) in [6.07, 6.45) is 5.01. The van der Waals surface area contributed by atoms with E-state index in [1.807, 2.05) is 7.11 Å². The van der Waals surface area contributed by atoms with Crippen LogP contribution in [0.1, 0.15) is 39.5 Å². The molecule has 1 saturated heterocycles. The van der Waals surface area contributed by atoms with Gasteiger partial charge in [-0.25, -0.2) is 0 Å². The van der Waals surface area contributed by atoms with Crippen molar-refractivity contribution in [2.24, 2.45) is 11.3 Å². The van der Waals surface area contributed by atoms with Crippen molar-refractivity contribution in [1.82, 2.24) is 0 Å². The largest absolute Gasteiger partial charge is 0.380 e. The van der Waals surface area contributed by atoms with Gasteiger partial charge >= 0.3 is 0 Å². The third-order valence-electron chi connectivity index (χ3n) is 4.43. The Morgan fingerprint density at radius 2 is 1.64 bits per heavy atom. The molecule has 2 fully saturated rings. The van der Waals surface area contributed by atoms with Gasteiger partial charge in [0.15, 0.2) is 0 Å². The molecule has 14 heavy (non-hydrogen) atoms. The lowest BCUT2D eigenvalue weighted by Gasteiger charge is -2.51. The van der Waals surface area contributed by atoms with Crippen molar-refractivity contribution in [3.8, 4) is 0 Å². The van der Waals surface area contributed by atoms with E-state index >= 15 is 0 Å². The predicted molar refractivity (Wildman–Crippen MR) is 56.3 cm³/mol. The molecular weight excluding hydrogens is 176 g/mol. The molecule has 2 rings (SSSR count). The van der Waals surface area contributed by atoms with Gasteiger partial charge in [-0.05, 0) is 31.6 Å². The first-order chi connectivity index (χ1) is 6.63. The molecule has 82 valence electrons. The van der Waals surface area contributed by atoms with E-state index in [4.69, 9.17) is 9.47 Å². The van der Waals surface area contributed by atoms with E-state index in [1.54, 1.807) is 0 Å². The SMILES string of the molecule is COC1(C(C)C)CCC2(CC1)COC2. The van der Waals surface area contributed by atoms with Crippen molar-refractivity contribution in [2.75, 3.05) is 20.3 Å². The highest BCUT2D eigenvalue weighted by Crippen LogP contribution is 2.48. The van der Waals surface area contributed by atoms with Crippen molar-refractivity contribution in [3.63, 3.8) is 0 Å². The first-order valence-electron chi connectivity index (χ1n) is 5.75. The molecule has 1 spiro atoms. The topological polar surface area (TPSA) is 18.5 Å². The summed E-state index contributed by atoms with van der Waals surface area (Å²) in [6.45, 7) is 6.54. The standard InChI is InChI=1S/C12H22O2/c1-10(2)12(13-3)6-4-11(5-7-12)8-14-9-11/h10H,4-9H2,1-3H3. The molecule has 0 bridgehead atoms. The Morgan fingerprint density at radius 3 is 1.93 bits per heavy atom. The Hall–Kier alpha value is -0.0800. The van der Waals surface area contributed by atoms with E-state index < -0.39 is 0 Å². The minimum atomic E-state index is 0.154. The van der Waals surface area contributed by atoms with Crippen LogP contribution in [0.2, 0.25) is 0 Å². The molecule has 0 unspecified atom stereocenters. The molecule has 2 nitrogen and oxygen atoms in total. The Kier molecular flexibility index (Phi) is 2.61. The summed E-state index contributed by atoms with van der Waals surface area (Å²) in [6, 6.07) is 0. The van der Waals surface area contributed by atoms with Crippen molar-refractivity contribution >= 4 is 0 Å². The van der Waals surface area contributed by atoms with Crippen LogP contribution in [0.4, 0.5) is 0 Å². The molecule has 0 aromatic rings. The van der Waals surface area contributed by atoms with Crippen LogP contribution >= 0.6 is 0 Å². The highest BCUT2D eigenvalue weighted by molar-refractivity contribution is 4.98. The Bertz CT molecular complexity index is 196. The predicted octanol–water partition coefficient (Wildman–Crippen LogP) is 2.62. The van der Waals surface area contributed by atoms with Gasteiger partial charge in [-0.15, -0.1) is 0 Å². The normalized spacial score (nSPS) is 29.1. The molecule has 0 aromatic heterocycles. The zero-order valence-corrected chi connectivity index (χ0v) is 9.64. The fourth-order valence-electron chi connectivity index (χ4n) is 2.90. The van der Waals surface area contributed by atoms with Gasteiger partial charge < -0.3 is 9.47 Å². The van der Waals surface area contributed by atoms with Crippen LogP contribution in [0, 0.1) is 11.3 Å². The van der Waals surface area contributed by atoms with E-state index in [0.29, 0.717) is 11.3 Å². The fraction of sp³-hybridized carbons (Fsp3) is 1.00. The molecular formula is C12H22O2. The van der Waals surface area contributed by atoms with Gasteiger partial charge in [0.2, 0.25) is 0 Å². The van der Waals surface area contributed by atoms with Crippen molar-refractivity contribution in [3.05, 3.63) is 0 Å². The molecule has 0 atom stereocenters. The van der Waals surface area contributed by atoms with Gasteiger partial charge in [0.25, 0.3) is 0 Å². The van der Waals surface area contributed by atoms with Gasteiger partial charge in [-0.3, -0.25) is 0 Å². The van der Waals surface area contributed by atoms with Crippen molar-refractivity contribution in [1.29, 1.82) is 0 Å². The average molecular weight is 198 g/mol. The first-order valence-corrected chi connectivity index (χ1v) is 5.75. The summed E-state index contributed by atoms with van der Waals surface area (Å²) < 4.78 is 11.1. The molecule has 1 aliphatic carbocycles. The monoisotopic (exact) mass is 198 g/mol. The number of hydrogen-bond donors (Lipinski definition) is 0. The molecule has 2 heteroatoms. The van der Waals surface area contributed by atoms with Crippen LogP contribution in [0.3, 0.4) is 0 Å². The summed E-state index contributed by atoms with van der Waals surface area (Å²) >= 11 is 0. The van der Waals surface area contributed by atoms with Crippen LogP contribution < -0.4 is 0 Å². The minimum absolute atomic E-state index is 0.154. The number of ether oxygens (including phenoxy) is 2. The average Bonchev–Trinajstić information content (AvgIpc) is 2.15. The number of hydrogen-bond acceptors (Lipinski definition) is 2. The molecule has 0 amide bonds. The highest BCUT2D eigenvalue weighted by atomic mass is 16.5. The Morgan fingerprint density at radius 1 is 1.07 bits per heavy atom. The lowest BCUT2D eigenvalue weighted by atomic mass is 9.64. The zero-order chi connectivity index (χ0) is 10.2. The van der Waals surface area contributed by atoms with E-state index in [0.717, 1.165) is 13.2 Å². The molecule has 0 aromatic carbocycles. The van der Waals surface area contributed by atoms with Crippen LogP contribution in [0.15, 0.2) is 0 Å². The summed E-state index contributed by atoms with van der Waals surface area (Å²) in [4.78, 5) is 0. The zero-order valence-electron chi connectivity index (χ0n) is 9.64. The lowest BCUT2D eigenvalue weighted by molar-refractivity contribution is -0.175. The van der Waals surface area contributed by atoms with E-state index in [2.05, 4.69) is 13.8 Å². The molecule has 0 N–H and O–H groups in total. The van der Waals surface area contributed by atoms with Crippen LogP contribution in [-0.2, 0) is 9.47 Å². The smallest absolute Gasteiger partial charge is 0.0702 e. The first kappa shape index (κ1) is 10.4. The third-order valence-corrected chi connectivity index (χ3v) is 4.43. The molecule has 2 aliphatic rings. The molecule has 1 heterocycles. The maximum atomic E-state index is 5.76. The van der Waals surface area contributed by atoms with Gasteiger partial charge in [-0.2, -0.15) is 0 Å². The summed E-state index contributed by atoms with van der Waals surface area (Å²) in [7, 11) is 1.87. The van der Waals surface area contributed by atoms with Gasteiger partial charge in [-0.1, -0.05) is 13.8 Å². The second-order valence-electron chi connectivity index (χ2n) is 5.42. The molecule has 1 aliphatic heterocycles. The van der Waals surface area contributed by atoms with Crippen molar-refractivity contribution in [2.45, 2.75) is 45.1 Å². The summed E-state index contributed by atoms with van der Waals surface area (Å²) in [5.41, 5.74) is 0.692. The van der Waals surface area contributed by atoms with E-state index in [9.17, 15) is 0 Å². The van der Waals surface area contributed by atoms with E-state index in [1.165, 1.54) is 25.7 Å². The summed E-state index contributed by atoms with van der Waals surface area (Å²) in [5, 5.41) is 0. The van der Waals surface area contributed by atoms with Crippen LogP contribution in [0.25, 0.3) is 0 Å². The van der Waals surface area contributed by atoms with Crippen molar-refractivity contribution < 1.29 is 9.47 Å². The molecule has 1 saturated carbocycles. The number of methoxy groups -OCH3 is 1. The van der Waals surface area contributed by atoms with Gasteiger partial charge in [0, 0.05) is 12.5 Å². The maximum absolute atomic E-state index is 5.76. The van der Waals surface area contributed by atoms with Crippen LogP contribution in [0.5, 0.6) is 0 Å². The minimum Gasteiger partial charge on any atom is -0.380 e. The molecule has 0 radical (unpaired) electrons. The third kappa shape index (κ3) is 1.49.